The lowest BCUT2D eigenvalue weighted by atomic mass is 9.78. The normalized spacial score (nSPS) is 35.5. The lowest BCUT2D eigenvalue weighted by molar-refractivity contribution is -0.145. The van der Waals surface area contributed by atoms with Crippen LogP contribution in [0.3, 0.4) is 0 Å². The number of aliphatic hydroxyl groups is 1. The first-order valence-electron chi connectivity index (χ1n) is 7.17. The van der Waals surface area contributed by atoms with Crippen molar-refractivity contribution in [1.29, 1.82) is 0 Å². The van der Waals surface area contributed by atoms with Crippen LogP contribution in [0.15, 0.2) is 0 Å². The van der Waals surface area contributed by atoms with Gasteiger partial charge >= 0.3 is 5.97 Å². The van der Waals surface area contributed by atoms with Crippen LogP contribution in [0.1, 0.15) is 25.7 Å². The van der Waals surface area contributed by atoms with E-state index < -0.39 is 26.8 Å². The van der Waals surface area contributed by atoms with E-state index in [1.807, 2.05) is 4.90 Å². The third kappa shape index (κ3) is 4.34. The van der Waals surface area contributed by atoms with E-state index in [2.05, 4.69) is 0 Å². The molecule has 1 aliphatic carbocycles. The Labute approximate surface area is 129 Å². The summed E-state index contributed by atoms with van der Waals surface area (Å²) < 4.78 is 23.7. The smallest absolute Gasteiger partial charge is 0.306 e. The van der Waals surface area contributed by atoms with Crippen molar-refractivity contribution in [1.82, 2.24) is 4.90 Å². The average molecular weight is 337 g/mol. The molecule has 2 rings (SSSR count). The van der Waals surface area contributed by atoms with Gasteiger partial charge in [0, 0.05) is 30.9 Å². The summed E-state index contributed by atoms with van der Waals surface area (Å²) >= 11 is 1.62. The Morgan fingerprint density at radius 2 is 2.00 bits per heavy atom. The highest BCUT2D eigenvalue weighted by molar-refractivity contribution is 8.00. The molecular formula is C13H23NO5S2. The van der Waals surface area contributed by atoms with Gasteiger partial charge in [-0.3, -0.25) is 9.69 Å². The highest BCUT2D eigenvalue weighted by Crippen LogP contribution is 2.34. The molecule has 1 aliphatic heterocycles. The Balaban J connectivity index is 2.01. The Hall–Kier alpha value is -0.310. The van der Waals surface area contributed by atoms with Gasteiger partial charge in [0.1, 0.15) is 5.37 Å². The molecule has 1 unspecified atom stereocenters. The summed E-state index contributed by atoms with van der Waals surface area (Å²) in [5.74, 6) is 0.209. The van der Waals surface area contributed by atoms with Gasteiger partial charge in [-0.1, -0.05) is 0 Å². The maximum Gasteiger partial charge on any atom is 0.306 e. The van der Waals surface area contributed by atoms with Gasteiger partial charge in [-0.25, -0.2) is 8.42 Å². The fourth-order valence-electron chi connectivity index (χ4n) is 3.13. The molecule has 2 N–H and O–H groups in total. The number of rotatable bonds is 4. The molecule has 2 aliphatic rings. The number of carboxylic acid groups (broad SMARTS) is 1. The van der Waals surface area contributed by atoms with Gasteiger partial charge in [0.25, 0.3) is 0 Å². The Morgan fingerprint density at radius 1 is 1.38 bits per heavy atom. The zero-order valence-corrected chi connectivity index (χ0v) is 13.8. The molecule has 1 atom stereocenters. The second kappa shape index (κ2) is 6.44. The van der Waals surface area contributed by atoms with Crippen LogP contribution in [0.4, 0.5) is 0 Å². The van der Waals surface area contributed by atoms with Crippen LogP contribution in [0.25, 0.3) is 0 Å². The molecule has 0 aromatic rings. The molecule has 122 valence electrons. The van der Waals surface area contributed by atoms with E-state index >= 15 is 0 Å². The minimum absolute atomic E-state index is 0.317. The van der Waals surface area contributed by atoms with Gasteiger partial charge in [0.2, 0.25) is 0 Å². The molecular weight excluding hydrogens is 314 g/mol. The number of thioether (sulfide) groups is 1. The molecule has 0 aromatic carbocycles. The van der Waals surface area contributed by atoms with Crippen molar-refractivity contribution in [3.63, 3.8) is 0 Å². The van der Waals surface area contributed by atoms with Gasteiger partial charge in [-0.2, -0.15) is 11.8 Å². The SMILES string of the molecule is CS(=O)(=O)C1CSCCN1CC1(O)CCC(C(=O)O)CC1. The standard InChI is InChI=1S/C13H23NO5S2/c1-21(18,19)11-8-20-7-6-14(11)9-13(17)4-2-10(3-5-13)12(15)16/h10-11,17H,2-9H2,1H3,(H,15,16). The number of sulfone groups is 1. The van der Waals surface area contributed by atoms with E-state index in [0.29, 0.717) is 44.5 Å². The van der Waals surface area contributed by atoms with Crippen LogP contribution in [0.5, 0.6) is 0 Å². The van der Waals surface area contributed by atoms with Crippen molar-refractivity contribution in [2.24, 2.45) is 5.92 Å². The second-order valence-corrected chi connectivity index (χ2v) is 9.52. The van der Waals surface area contributed by atoms with Crippen LogP contribution in [-0.2, 0) is 14.6 Å². The lowest BCUT2D eigenvalue weighted by Gasteiger charge is -2.42. The lowest BCUT2D eigenvalue weighted by Crippen LogP contribution is -2.54. The van der Waals surface area contributed by atoms with Crippen molar-refractivity contribution in [3.05, 3.63) is 0 Å². The van der Waals surface area contributed by atoms with Gasteiger partial charge in [-0.15, -0.1) is 0 Å². The molecule has 0 aromatic heterocycles. The van der Waals surface area contributed by atoms with Gasteiger partial charge in [0.05, 0.1) is 11.5 Å². The summed E-state index contributed by atoms with van der Waals surface area (Å²) in [6.07, 6.45) is 2.99. The minimum Gasteiger partial charge on any atom is -0.481 e. The third-order valence-corrected chi connectivity index (χ3v) is 7.13. The quantitative estimate of drug-likeness (QED) is 0.767. The fraction of sp³-hybridized carbons (Fsp3) is 0.923. The van der Waals surface area contributed by atoms with Gasteiger partial charge in [0.15, 0.2) is 9.84 Å². The second-order valence-electron chi connectivity index (χ2n) is 6.17. The summed E-state index contributed by atoms with van der Waals surface area (Å²) in [7, 11) is -3.18. The minimum atomic E-state index is -3.18. The number of hydrogen-bond donors (Lipinski definition) is 2. The van der Waals surface area contributed by atoms with E-state index in [9.17, 15) is 18.3 Å². The van der Waals surface area contributed by atoms with Crippen molar-refractivity contribution in [2.75, 3.05) is 30.9 Å². The summed E-state index contributed by atoms with van der Waals surface area (Å²) in [5, 5.41) is 19.1. The molecule has 0 spiro atoms. The molecule has 1 saturated carbocycles. The Kier molecular flexibility index (Phi) is 5.23. The first-order chi connectivity index (χ1) is 9.71. The highest BCUT2D eigenvalue weighted by atomic mass is 32.2. The molecule has 2 fully saturated rings. The van der Waals surface area contributed by atoms with E-state index in [4.69, 9.17) is 5.11 Å². The largest absolute Gasteiger partial charge is 0.481 e. The maximum atomic E-state index is 11.9. The molecule has 0 amide bonds. The number of hydrogen-bond acceptors (Lipinski definition) is 6. The van der Waals surface area contributed by atoms with Crippen LogP contribution in [0.2, 0.25) is 0 Å². The van der Waals surface area contributed by atoms with Crippen molar-refractivity contribution in [2.45, 2.75) is 36.7 Å². The third-order valence-electron chi connectivity index (χ3n) is 4.45. The van der Waals surface area contributed by atoms with Crippen LogP contribution >= 0.6 is 11.8 Å². The predicted molar refractivity (Wildman–Crippen MR) is 82.1 cm³/mol. The number of β-amino-alcohol motifs (C(OH)–C–C–N with tert-alkyl or cyclic N) is 1. The monoisotopic (exact) mass is 337 g/mol. The summed E-state index contributed by atoms with van der Waals surface area (Å²) in [6, 6.07) is 0. The molecule has 6 nitrogen and oxygen atoms in total. The maximum absolute atomic E-state index is 11.9. The molecule has 1 saturated heterocycles. The number of carbonyl (C=O) groups is 1. The molecule has 0 radical (unpaired) electrons. The van der Waals surface area contributed by atoms with E-state index in [-0.39, 0.29) is 5.92 Å². The van der Waals surface area contributed by atoms with Gasteiger partial charge in [-0.05, 0) is 25.7 Å². The fourth-order valence-corrected chi connectivity index (χ4v) is 6.07. The van der Waals surface area contributed by atoms with Crippen LogP contribution in [-0.4, -0.2) is 71.3 Å². The number of nitrogens with zero attached hydrogens (tertiary/aromatic N) is 1. The van der Waals surface area contributed by atoms with E-state index in [0.717, 1.165) is 5.75 Å². The predicted octanol–water partition coefficient (Wildman–Crippen LogP) is 0.412. The first kappa shape index (κ1) is 17.1. The van der Waals surface area contributed by atoms with Crippen molar-refractivity contribution < 1.29 is 23.4 Å². The molecule has 21 heavy (non-hydrogen) atoms. The molecule has 8 heteroatoms. The average Bonchev–Trinajstić information content (AvgIpc) is 2.38. The van der Waals surface area contributed by atoms with Crippen molar-refractivity contribution >= 4 is 27.6 Å². The highest BCUT2D eigenvalue weighted by Gasteiger charge is 2.40. The number of aliphatic carboxylic acids is 1. The van der Waals surface area contributed by atoms with E-state index in [1.165, 1.54) is 6.26 Å². The summed E-state index contributed by atoms with van der Waals surface area (Å²) in [5.41, 5.74) is -0.961. The van der Waals surface area contributed by atoms with Crippen LogP contribution in [0, 0.1) is 5.92 Å². The molecule has 1 heterocycles. The Morgan fingerprint density at radius 3 is 2.52 bits per heavy atom. The molecule has 0 bridgehead atoms. The summed E-state index contributed by atoms with van der Waals surface area (Å²) in [6.45, 7) is 0.963. The van der Waals surface area contributed by atoms with E-state index in [1.54, 1.807) is 11.8 Å². The zero-order chi connectivity index (χ0) is 15.7. The van der Waals surface area contributed by atoms with Crippen LogP contribution < -0.4 is 0 Å². The summed E-state index contributed by atoms with van der Waals surface area (Å²) in [4.78, 5) is 12.8. The van der Waals surface area contributed by atoms with Crippen molar-refractivity contribution in [3.8, 4) is 0 Å². The first-order valence-corrected chi connectivity index (χ1v) is 10.3. The number of carboxylic acids is 1. The van der Waals surface area contributed by atoms with Gasteiger partial charge < -0.3 is 10.2 Å². The topological polar surface area (TPSA) is 94.9 Å². The zero-order valence-electron chi connectivity index (χ0n) is 12.2. The Bertz CT molecular complexity index is 485.